The Morgan fingerprint density at radius 2 is 1.81 bits per heavy atom. The van der Waals surface area contributed by atoms with Gasteiger partial charge in [0.15, 0.2) is 0 Å². The Balaban J connectivity index is 1.65. The monoisotopic (exact) mass is 288 g/mol. The highest BCUT2D eigenvalue weighted by atomic mass is 16.1. The molecular formula is C16H24N4O. The molecule has 1 saturated carbocycles. The molecule has 21 heavy (non-hydrogen) atoms. The van der Waals surface area contributed by atoms with Crippen molar-refractivity contribution in [1.29, 1.82) is 0 Å². The lowest BCUT2D eigenvalue weighted by atomic mass is 9.95. The maximum absolute atomic E-state index is 12.3. The average molecular weight is 288 g/mol. The van der Waals surface area contributed by atoms with Gasteiger partial charge in [0.2, 0.25) is 5.95 Å². The van der Waals surface area contributed by atoms with Crippen molar-refractivity contribution >= 4 is 11.9 Å². The van der Waals surface area contributed by atoms with Crippen molar-refractivity contribution in [3.63, 3.8) is 0 Å². The van der Waals surface area contributed by atoms with Crippen molar-refractivity contribution < 1.29 is 4.79 Å². The van der Waals surface area contributed by atoms with Gasteiger partial charge < -0.3 is 10.2 Å². The number of hydrogen-bond acceptors (Lipinski definition) is 4. The van der Waals surface area contributed by atoms with Crippen LogP contribution in [0.4, 0.5) is 5.95 Å². The lowest BCUT2D eigenvalue weighted by Crippen LogP contribution is -2.37. The van der Waals surface area contributed by atoms with Crippen LogP contribution in [0.5, 0.6) is 0 Å². The molecule has 0 spiro atoms. The van der Waals surface area contributed by atoms with E-state index >= 15 is 0 Å². The van der Waals surface area contributed by atoms with Crippen LogP contribution in [0.25, 0.3) is 0 Å². The molecule has 2 heterocycles. The summed E-state index contributed by atoms with van der Waals surface area (Å²) < 4.78 is 0. The van der Waals surface area contributed by atoms with Crippen LogP contribution in [0.15, 0.2) is 12.3 Å². The van der Waals surface area contributed by atoms with Gasteiger partial charge in [-0.05, 0) is 38.2 Å². The van der Waals surface area contributed by atoms with Gasteiger partial charge in [0.05, 0.1) is 0 Å². The van der Waals surface area contributed by atoms with E-state index in [1.165, 1.54) is 38.5 Å². The van der Waals surface area contributed by atoms with Crippen LogP contribution in [0.1, 0.15) is 61.9 Å². The standard InChI is InChI=1S/C16H24N4O/c21-15(18-13-7-3-1-4-8-13)14-9-10-17-16(19-14)20-11-5-2-6-12-20/h9-10,13H,1-8,11-12H2,(H,18,21). The second-order valence-corrected chi connectivity index (χ2v) is 6.10. The van der Waals surface area contributed by atoms with Gasteiger partial charge in [0.25, 0.3) is 5.91 Å². The minimum Gasteiger partial charge on any atom is -0.348 e. The summed E-state index contributed by atoms with van der Waals surface area (Å²) in [5.41, 5.74) is 0.496. The molecule has 0 radical (unpaired) electrons. The molecule has 5 heteroatoms. The Morgan fingerprint density at radius 1 is 1.10 bits per heavy atom. The fourth-order valence-electron chi connectivity index (χ4n) is 3.23. The number of piperidine rings is 1. The third-order valence-electron chi connectivity index (χ3n) is 4.45. The quantitative estimate of drug-likeness (QED) is 0.928. The van der Waals surface area contributed by atoms with E-state index in [9.17, 15) is 4.79 Å². The minimum atomic E-state index is -0.0532. The van der Waals surface area contributed by atoms with Gasteiger partial charge in [-0.3, -0.25) is 4.79 Å². The molecule has 3 rings (SSSR count). The molecule has 114 valence electrons. The van der Waals surface area contributed by atoms with Crippen LogP contribution >= 0.6 is 0 Å². The van der Waals surface area contributed by atoms with E-state index < -0.39 is 0 Å². The van der Waals surface area contributed by atoms with Gasteiger partial charge in [-0.15, -0.1) is 0 Å². The number of nitrogens with zero attached hydrogens (tertiary/aromatic N) is 3. The van der Waals surface area contributed by atoms with E-state index in [1.807, 2.05) is 0 Å². The average Bonchev–Trinajstić information content (AvgIpc) is 2.57. The smallest absolute Gasteiger partial charge is 0.270 e. The van der Waals surface area contributed by atoms with E-state index in [4.69, 9.17) is 0 Å². The molecule has 0 bridgehead atoms. The summed E-state index contributed by atoms with van der Waals surface area (Å²) in [7, 11) is 0. The highest BCUT2D eigenvalue weighted by Gasteiger charge is 2.19. The third kappa shape index (κ3) is 3.71. The van der Waals surface area contributed by atoms with Crippen molar-refractivity contribution in [2.45, 2.75) is 57.4 Å². The molecule has 1 amide bonds. The van der Waals surface area contributed by atoms with E-state index in [0.717, 1.165) is 25.9 Å². The molecule has 2 aliphatic rings. The summed E-state index contributed by atoms with van der Waals surface area (Å²) in [6.45, 7) is 1.99. The van der Waals surface area contributed by atoms with Crippen molar-refractivity contribution in [3.8, 4) is 0 Å². The molecule has 2 fully saturated rings. The van der Waals surface area contributed by atoms with Gasteiger partial charge in [0.1, 0.15) is 5.69 Å². The van der Waals surface area contributed by atoms with Crippen LogP contribution < -0.4 is 10.2 Å². The van der Waals surface area contributed by atoms with Crippen LogP contribution in [0.2, 0.25) is 0 Å². The SMILES string of the molecule is O=C(NC1CCCCC1)c1ccnc(N2CCCCC2)n1. The summed E-state index contributed by atoms with van der Waals surface area (Å²) in [6, 6.07) is 2.03. The van der Waals surface area contributed by atoms with Gasteiger partial charge in [-0.2, -0.15) is 0 Å². The fraction of sp³-hybridized carbons (Fsp3) is 0.688. The maximum atomic E-state index is 12.3. The number of anilines is 1. The van der Waals surface area contributed by atoms with Crippen molar-refractivity contribution in [2.75, 3.05) is 18.0 Å². The molecule has 0 unspecified atom stereocenters. The molecule has 1 aliphatic heterocycles. The number of carbonyl (C=O) groups excluding carboxylic acids is 1. The van der Waals surface area contributed by atoms with Crippen molar-refractivity contribution in [1.82, 2.24) is 15.3 Å². The van der Waals surface area contributed by atoms with Gasteiger partial charge in [-0.25, -0.2) is 9.97 Å². The first-order chi connectivity index (χ1) is 10.3. The molecule has 0 aromatic carbocycles. The summed E-state index contributed by atoms with van der Waals surface area (Å²) in [4.78, 5) is 23.3. The predicted octanol–water partition coefficient (Wildman–Crippen LogP) is 2.53. The number of nitrogens with one attached hydrogen (secondary N) is 1. The Morgan fingerprint density at radius 3 is 2.57 bits per heavy atom. The number of amides is 1. The highest BCUT2D eigenvalue weighted by Crippen LogP contribution is 2.18. The topological polar surface area (TPSA) is 58.1 Å². The van der Waals surface area contributed by atoms with E-state index in [0.29, 0.717) is 17.7 Å². The zero-order valence-electron chi connectivity index (χ0n) is 12.6. The molecule has 1 N–H and O–H groups in total. The normalized spacial score (nSPS) is 20.3. The number of carbonyl (C=O) groups is 1. The Labute approximate surface area is 126 Å². The van der Waals surface area contributed by atoms with Gasteiger partial charge in [-0.1, -0.05) is 19.3 Å². The van der Waals surface area contributed by atoms with Gasteiger partial charge in [0, 0.05) is 25.3 Å². The lowest BCUT2D eigenvalue weighted by Gasteiger charge is -2.27. The minimum absolute atomic E-state index is 0.0532. The van der Waals surface area contributed by atoms with Gasteiger partial charge >= 0.3 is 0 Å². The molecule has 1 aromatic rings. The Hall–Kier alpha value is -1.65. The Kier molecular flexibility index (Phi) is 4.68. The zero-order chi connectivity index (χ0) is 14.5. The third-order valence-corrected chi connectivity index (χ3v) is 4.45. The summed E-state index contributed by atoms with van der Waals surface area (Å²) in [6.07, 6.45) is 11.3. The fourth-order valence-corrected chi connectivity index (χ4v) is 3.23. The maximum Gasteiger partial charge on any atom is 0.270 e. The predicted molar refractivity (Wildman–Crippen MR) is 82.4 cm³/mol. The van der Waals surface area contributed by atoms with Crippen LogP contribution in [-0.2, 0) is 0 Å². The Bertz CT molecular complexity index is 479. The van der Waals surface area contributed by atoms with Crippen LogP contribution in [0.3, 0.4) is 0 Å². The first kappa shape index (κ1) is 14.3. The van der Waals surface area contributed by atoms with E-state index in [-0.39, 0.29) is 5.91 Å². The zero-order valence-corrected chi connectivity index (χ0v) is 12.6. The molecule has 1 saturated heterocycles. The second kappa shape index (κ2) is 6.87. The molecular weight excluding hydrogens is 264 g/mol. The molecule has 1 aliphatic carbocycles. The van der Waals surface area contributed by atoms with Crippen molar-refractivity contribution in [2.24, 2.45) is 0 Å². The first-order valence-electron chi connectivity index (χ1n) is 8.22. The summed E-state index contributed by atoms with van der Waals surface area (Å²) in [5.74, 6) is 0.647. The highest BCUT2D eigenvalue weighted by molar-refractivity contribution is 5.92. The number of rotatable bonds is 3. The first-order valence-corrected chi connectivity index (χ1v) is 8.22. The molecule has 0 atom stereocenters. The second-order valence-electron chi connectivity index (χ2n) is 6.10. The van der Waals surface area contributed by atoms with Crippen LogP contribution in [0, 0.1) is 0 Å². The lowest BCUT2D eigenvalue weighted by molar-refractivity contribution is 0.0922. The van der Waals surface area contributed by atoms with Crippen LogP contribution in [-0.4, -0.2) is 35.0 Å². The largest absolute Gasteiger partial charge is 0.348 e. The molecule has 5 nitrogen and oxygen atoms in total. The summed E-state index contributed by atoms with van der Waals surface area (Å²) in [5, 5.41) is 3.12. The molecule has 1 aromatic heterocycles. The van der Waals surface area contributed by atoms with E-state index in [1.54, 1.807) is 12.3 Å². The number of hydrogen-bond donors (Lipinski definition) is 1. The van der Waals surface area contributed by atoms with E-state index in [2.05, 4.69) is 20.2 Å². The van der Waals surface area contributed by atoms with Crippen molar-refractivity contribution in [3.05, 3.63) is 18.0 Å². The summed E-state index contributed by atoms with van der Waals surface area (Å²) >= 11 is 0. The number of aromatic nitrogens is 2.